The van der Waals surface area contributed by atoms with Crippen molar-refractivity contribution in [1.82, 2.24) is 20.2 Å². The van der Waals surface area contributed by atoms with Gasteiger partial charge in [-0.25, -0.2) is 4.79 Å². The molecule has 2 aromatic heterocycles. The minimum absolute atomic E-state index is 0.311. The first-order valence-corrected chi connectivity index (χ1v) is 11.3. The van der Waals surface area contributed by atoms with Gasteiger partial charge in [0.25, 0.3) is 5.91 Å². The Morgan fingerprint density at radius 1 is 1.03 bits per heavy atom. The van der Waals surface area contributed by atoms with Gasteiger partial charge in [-0.15, -0.1) is 0 Å². The van der Waals surface area contributed by atoms with E-state index < -0.39 is 18.0 Å². The number of likely N-dealkylation sites (N-methyl/N-ethyl adjacent to an activating group) is 1. The Balaban J connectivity index is 1.58. The second kappa shape index (κ2) is 10.2. The molecule has 0 aliphatic carbocycles. The summed E-state index contributed by atoms with van der Waals surface area (Å²) in [6.07, 6.45) is 7.61. The summed E-state index contributed by atoms with van der Waals surface area (Å²) in [6, 6.07) is 14.7. The van der Waals surface area contributed by atoms with E-state index in [1.807, 2.05) is 55.5 Å². The zero-order valence-corrected chi connectivity index (χ0v) is 19.2. The number of rotatable bonds is 7. The number of carbonyl (C=O) groups is 3. The highest BCUT2D eigenvalue weighted by Gasteiger charge is 2.55. The predicted molar refractivity (Wildman–Crippen MR) is 128 cm³/mol. The third-order valence-corrected chi connectivity index (χ3v) is 6.16. The Morgan fingerprint density at radius 2 is 1.76 bits per heavy atom. The molecule has 1 saturated heterocycles. The van der Waals surface area contributed by atoms with Gasteiger partial charge in [-0.05, 0) is 54.3 Å². The molecule has 1 aromatic carbocycles. The normalized spacial score (nSPS) is 18.1. The lowest BCUT2D eigenvalue weighted by Crippen LogP contribution is -2.70. The van der Waals surface area contributed by atoms with E-state index in [0.717, 1.165) is 16.0 Å². The number of pyridine rings is 2. The molecule has 0 spiro atoms. The highest BCUT2D eigenvalue weighted by Crippen LogP contribution is 2.33. The van der Waals surface area contributed by atoms with Gasteiger partial charge in [-0.1, -0.05) is 31.2 Å². The van der Waals surface area contributed by atoms with E-state index in [-0.39, 0.29) is 17.9 Å². The second-order valence-corrected chi connectivity index (χ2v) is 8.25. The zero-order valence-electron chi connectivity index (χ0n) is 19.2. The maximum atomic E-state index is 13.5. The highest BCUT2D eigenvalue weighted by molar-refractivity contribution is 6.12. The zero-order chi connectivity index (χ0) is 24.1. The quantitative estimate of drug-likeness (QED) is 0.549. The Bertz CT molecular complexity index is 1140. The Morgan fingerprint density at radius 3 is 2.41 bits per heavy atom. The smallest absolute Gasteiger partial charge is 0.325 e. The van der Waals surface area contributed by atoms with Crippen LogP contribution in [0.3, 0.4) is 0 Å². The predicted octanol–water partition coefficient (Wildman–Crippen LogP) is 3.37. The van der Waals surface area contributed by atoms with Crippen molar-refractivity contribution in [3.63, 3.8) is 0 Å². The average Bonchev–Trinajstić information content (AvgIpc) is 2.89. The molecule has 0 radical (unpaired) electrons. The third-order valence-electron chi connectivity index (χ3n) is 6.16. The molecule has 1 fully saturated rings. The lowest BCUT2D eigenvalue weighted by molar-refractivity contribution is -0.156. The fraction of sp³-hybridized carbons (Fsp3) is 0.269. The van der Waals surface area contributed by atoms with Crippen molar-refractivity contribution in [3.05, 3.63) is 90.5 Å². The third kappa shape index (κ3) is 4.66. The van der Waals surface area contributed by atoms with Crippen molar-refractivity contribution in [2.75, 3.05) is 11.9 Å². The van der Waals surface area contributed by atoms with Gasteiger partial charge in [0, 0.05) is 37.5 Å². The van der Waals surface area contributed by atoms with Crippen molar-refractivity contribution in [2.45, 2.75) is 31.8 Å². The van der Waals surface area contributed by atoms with Crippen LogP contribution >= 0.6 is 0 Å². The number of hydrogen-bond acceptors (Lipinski definition) is 5. The molecule has 1 aliphatic heterocycles. The van der Waals surface area contributed by atoms with E-state index in [9.17, 15) is 14.4 Å². The monoisotopic (exact) mass is 457 g/mol. The summed E-state index contributed by atoms with van der Waals surface area (Å²) in [4.78, 5) is 50.6. The van der Waals surface area contributed by atoms with Gasteiger partial charge < -0.3 is 10.2 Å². The molecular weight excluding hydrogens is 430 g/mol. The molecule has 0 bridgehead atoms. The van der Waals surface area contributed by atoms with Crippen LogP contribution in [0, 0.1) is 5.92 Å². The number of carbonyl (C=O) groups excluding carboxylic acids is 3. The molecule has 8 heteroatoms. The fourth-order valence-corrected chi connectivity index (χ4v) is 4.23. The van der Waals surface area contributed by atoms with Gasteiger partial charge in [0.2, 0.25) is 5.91 Å². The SMILES string of the molecule is CC[C@@H](NC(=O)N1C(=O)C(Cc2ccncc2)[C@H]1C(=O)N(C)c1ccccc1)c1cccnc1. The molecule has 34 heavy (non-hydrogen) atoms. The summed E-state index contributed by atoms with van der Waals surface area (Å²) < 4.78 is 0. The van der Waals surface area contributed by atoms with Crippen LogP contribution in [0.1, 0.15) is 30.5 Å². The number of amides is 4. The molecule has 1 N–H and O–H groups in total. The number of imide groups is 1. The van der Waals surface area contributed by atoms with Crippen molar-refractivity contribution in [3.8, 4) is 0 Å². The number of urea groups is 1. The summed E-state index contributed by atoms with van der Waals surface area (Å²) >= 11 is 0. The van der Waals surface area contributed by atoms with Crippen LogP contribution in [0.4, 0.5) is 10.5 Å². The van der Waals surface area contributed by atoms with Gasteiger partial charge in [-0.3, -0.25) is 24.5 Å². The van der Waals surface area contributed by atoms with Crippen LogP contribution in [-0.2, 0) is 16.0 Å². The van der Waals surface area contributed by atoms with Gasteiger partial charge in [0.15, 0.2) is 0 Å². The maximum Gasteiger partial charge on any atom is 0.325 e. The number of para-hydroxylation sites is 1. The molecule has 1 unspecified atom stereocenters. The molecule has 3 atom stereocenters. The maximum absolute atomic E-state index is 13.5. The molecule has 3 heterocycles. The average molecular weight is 458 g/mol. The molecule has 0 saturated carbocycles. The van der Waals surface area contributed by atoms with Gasteiger partial charge in [-0.2, -0.15) is 0 Å². The minimum atomic E-state index is -0.905. The highest BCUT2D eigenvalue weighted by atomic mass is 16.2. The van der Waals surface area contributed by atoms with E-state index >= 15 is 0 Å². The molecule has 3 aromatic rings. The van der Waals surface area contributed by atoms with Gasteiger partial charge in [0.1, 0.15) is 6.04 Å². The van der Waals surface area contributed by atoms with Crippen molar-refractivity contribution < 1.29 is 14.4 Å². The van der Waals surface area contributed by atoms with Crippen molar-refractivity contribution in [2.24, 2.45) is 5.92 Å². The molecule has 4 rings (SSSR count). The number of hydrogen-bond donors (Lipinski definition) is 1. The minimum Gasteiger partial charge on any atom is -0.331 e. The number of likely N-dealkylation sites (tertiary alicyclic amines) is 1. The van der Waals surface area contributed by atoms with E-state index in [2.05, 4.69) is 15.3 Å². The summed E-state index contributed by atoms with van der Waals surface area (Å²) in [5.74, 6) is -1.31. The topological polar surface area (TPSA) is 95.5 Å². The van der Waals surface area contributed by atoms with Crippen LogP contribution in [-0.4, -0.2) is 45.8 Å². The second-order valence-electron chi connectivity index (χ2n) is 8.25. The largest absolute Gasteiger partial charge is 0.331 e. The molecular formula is C26H27N5O3. The number of anilines is 1. The number of aromatic nitrogens is 2. The van der Waals surface area contributed by atoms with E-state index in [1.165, 1.54) is 4.90 Å². The van der Waals surface area contributed by atoms with Crippen LogP contribution in [0.5, 0.6) is 0 Å². The Labute approximate surface area is 198 Å². The van der Waals surface area contributed by atoms with E-state index in [1.54, 1.807) is 37.9 Å². The Hall–Kier alpha value is -4.07. The first-order valence-electron chi connectivity index (χ1n) is 11.3. The molecule has 4 amide bonds. The molecule has 1 aliphatic rings. The van der Waals surface area contributed by atoms with Crippen molar-refractivity contribution in [1.29, 1.82) is 0 Å². The Kier molecular flexibility index (Phi) is 6.96. The fourth-order valence-electron chi connectivity index (χ4n) is 4.23. The molecule has 174 valence electrons. The molecule has 8 nitrogen and oxygen atoms in total. The van der Waals surface area contributed by atoms with Crippen LogP contribution in [0.15, 0.2) is 79.4 Å². The summed E-state index contributed by atoms with van der Waals surface area (Å²) in [6.45, 7) is 1.94. The standard InChI is InChI=1S/C26H27N5O3/c1-3-22(19-8-7-13-28-17-19)29-26(34)31-23(25(33)30(2)20-9-5-4-6-10-20)21(24(31)32)16-18-11-14-27-15-12-18/h4-15,17,21-23H,3,16H2,1-2H3,(H,29,34)/t21?,22-,23+/m1/s1. The van der Waals surface area contributed by atoms with Gasteiger partial charge in [0.05, 0.1) is 12.0 Å². The lowest BCUT2D eigenvalue weighted by atomic mass is 9.81. The van der Waals surface area contributed by atoms with Crippen LogP contribution in [0.25, 0.3) is 0 Å². The van der Waals surface area contributed by atoms with Crippen LogP contribution < -0.4 is 10.2 Å². The summed E-state index contributed by atoms with van der Waals surface area (Å²) in [5.41, 5.74) is 2.41. The number of benzene rings is 1. The number of β-lactam (4-membered cyclic amide) rings is 1. The number of nitrogens with zero attached hydrogens (tertiary/aromatic N) is 4. The lowest BCUT2D eigenvalue weighted by Gasteiger charge is -2.46. The van der Waals surface area contributed by atoms with E-state index in [4.69, 9.17) is 0 Å². The van der Waals surface area contributed by atoms with E-state index in [0.29, 0.717) is 18.5 Å². The first-order chi connectivity index (χ1) is 16.5. The van der Waals surface area contributed by atoms with Crippen LogP contribution in [0.2, 0.25) is 0 Å². The number of nitrogens with one attached hydrogen (secondary N) is 1. The summed E-state index contributed by atoms with van der Waals surface area (Å²) in [7, 11) is 1.66. The van der Waals surface area contributed by atoms with Gasteiger partial charge >= 0.3 is 6.03 Å². The van der Waals surface area contributed by atoms with Crippen molar-refractivity contribution >= 4 is 23.5 Å². The first kappa shape index (κ1) is 23.1. The summed E-state index contributed by atoms with van der Waals surface area (Å²) in [5, 5.41) is 2.91.